The zero-order valence-corrected chi connectivity index (χ0v) is 12.0. The van der Waals surface area contributed by atoms with E-state index in [1.54, 1.807) is 12.1 Å². The van der Waals surface area contributed by atoms with E-state index >= 15 is 0 Å². The molecule has 0 atom stereocenters. The second kappa shape index (κ2) is 4.78. The Kier molecular flexibility index (Phi) is 2.89. The molecule has 0 amide bonds. The molecule has 0 aromatic heterocycles. The highest BCUT2D eigenvalue weighted by Crippen LogP contribution is 2.48. The maximum atomic E-state index is 9.51. The van der Waals surface area contributed by atoms with Gasteiger partial charge in [0.1, 0.15) is 5.75 Å². The summed E-state index contributed by atoms with van der Waals surface area (Å²) in [5.41, 5.74) is 4.25. The Labute approximate surface area is 125 Å². The van der Waals surface area contributed by atoms with Crippen molar-refractivity contribution in [1.29, 1.82) is 0 Å². The third-order valence-electron chi connectivity index (χ3n) is 4.95. The van der Waals surface area contributed by atoms with Crippen molar-refractivity contribution in [2.24, 2.45) is 0 Å². The van der Waals surface area contributed by atoms with Gasteiger partial charge in [-0.05, 0) is 61.8 Å². The number of anilines is 2. The Balaban J connectivity index is 1.79. The minimum absolute atomic E-state index is 0.278. The largest absolute Gasteiger partial charge is 0.508 e. The minimum Gasteiger partial charge on any atom is -0.508 e. The smallest absolute Gasteiger partial charge is 0.115 e. The van der Waals surface area contributed by atoms with Crippen LogP contribution in [0, 0.1) is 0 Å². The molecule has 1 spiro atoms. The van der Waals surface area contributed by atoms with E-state index in [9.17, 15) is 5.11 Å². The molecule has 2 aliphatic rings. The molecule has 0 unspecified atom stereocenters. The fraction of sp³-hybridized carbons (Fsp3) is 0.333. The summed E-state index contributed by atoms with van der Waals surface area (Å²) in [5, 5.41) is 13.0. The number of hydrogen-bond acceptors (Lipinski definition) is 3. The number of aromatic hydroxyl groups is 1. The van der Waals surface area contributed by atoms with E-state index in [4.69, 9.17) is 0 Å². The van der Waals surface area contributed by atoms with Crippen molar-refractivity contribution in [2.75, 3.05) is 24.5 Å². The monoisotopic (exact) mass is 280 g/mol. The number of nitrogens with one attached hydrogen (secondary N) is 1. The standard InChI is InChI=1S/C18H20N2O/c21-15-7-5-14(6-8-15)20-13-18(9-11-19-12-10-18)16-3-1-2-4-17(16)20/h1-8,19,21H,9-13H2. The molecule has 1 saturated heterocycles. The van der Waals surface area contributed by atoms with Crippen LogP contribution >= 0.6 is 0 Å². The number of para-hydroxylation sites is 1. The number of phenolic OH excluding ortho intramolecular Hbond substituents is 1. The summed E-state index contributed by atoms with van der Waals surface area (Å²) in [6.07, 6.45) is 2.39. The number of piperidine rings is 1. The third-order valence-corrected chi connectivity index (χ3v) is 4.95. The number of rotatable bonds is 1. The third kappa shape index (κ3) is 2.00. The van der Waals surface area contributed by atoms with E-state index < -0.39 is 0 Å². The van der Waals surface area contributed by atoms with Gasteiger partial charge in [0.2, 0.25) is 0 Å². The molecule has 4 rings (SSSR count). The SMILES string of the molecule is Oc1ccc(N2CC3(CCNCC3)c3ccccc32)cc1. The normalized spacial score (nSPS) is 19.7. The predicted molar refractivity (Wildman–Crippen MR) is 85.3 cm³/mol. The van der Waals surface area contributed by atoms with Gasteiger partial charge in [0.15, 0.2) is 0 Å². The van der Waals surface area contributed by atoms with E-state index in [1.165, 1.54) is 24.1 Å². The van der Waals surface area contributed by atoms with Crippen molar-refractivity contribution in [1.82, 2.24) is 5.32 Å². The van der Waals surface area contributed by atoms with Crippen molar-refractivity contribution in [3.63, 3.8) is 0 Å². The minimum atomic E-state index is 0.278. The maximum absolute atomic E-state index is 9.51. The predicted octanol–water partition coefficient (Wildman–Crippen LogP) is 3.17. The van der Waals surface area contributed by atoms with Crippen molar-refractivity contribution < 1.29 is 5.11 Å². The molecule has 1 fully saturated rings. The molecule has 0 bridgehead atoms. The Morgan fingerprint density at radius 1 is 0.952 bits per heavy atom. The van der Waals surface area contributed by atoms with Crippen LogP contribution in [-0.4, -0.2) is 24.7 Å². The summed E-state index contributed by atoms with van der Waals surface area (Å²) in [4.78, 5) is 2.40. The highest BCUT2D eigenvalue weighted by molar-refractivity contribution is 5.73. The number of phenols is 1. The Morgan fingerprint density at radius 2 is 1.67 bits per heavy atom. The van der Waals surface area contributed by atoms with E-state index in [1.807, 2.05) is 12.1 Å². The van der Waals surface area contributed by atoms with E-state index in [2.05, 4.69) is 34.5 Å². The van der Waals surface area contributed by atoms with Crippen LogP contribution in [0.15, 0.2) is 48.5 Å². The first-order chi connectivity index (χ1) is 10.3. The zero-order chi connectivity index (χ0) is 14.3. The average Bonchev–Trinajstić information content (AvgIpc) is 2.84. The molecule has 2 N–H and O–H groups in total. The van der Waals surface area contributed by atoms with Gasteiger partial charge in [0, 0.05) is 23.3 Å². The first-order valence-corrected chi connectivity index (χ1v) is 7.65. The van der Waals surface area contributed by atoms with Crippen molar-refractivity contribution in [3.8, 4) is 5.75 Å². The van der Waals surface area contributed by atoms with Gasteiger partial charge in [-0.25, -0.2) is 0 Å². The lowest BCUT2D eigenvalue weighted by Gasteiger charge is -2.35. The molecule has 2 aromatic carbocycles. The Bertz CT molecular complexity index is 645. The summed E-state index contributed by atoms with van der Waals surface area (Å²) in [5.74, 6) is 0.322. The highest BCUT2D eigenvalue weighted by Gasteiger charge is 2.43. The Hall–Kier alpha value is -2.00. The molecular weight excluding hydrogens is 260 g/mol. The first-order valence-electron chi connectivity index (χ1n) is 7.65. The molecule has 2 aliphatic heterocycles. The van der Waals surface area contributed by atoms with Crippen LogP contribution in [0.3, 0.4) is 0 Å². The fourth-order valence-electron chi connectivity index (χ4n) is 3.83. The van der Waals surface area contributed by atoms with E-state index in [0.717, 1.165) is 25.3 Å². The molecular formula is C18H20N2O. The maximum Gasteiger partial charge on any atom is 0.115 e. The average molecular weight is 280 g/mol. The summed E-state index contributed by atoms with van der Waals surface area (Å²) in [6, 6.07) is 16.3. The van der Waals surface area contributed by atoms with Crippen molar-refractivity contribution in [3.05, 3.63) is 54.1 Å². The summed E-state index contributed by atoms with van der Waals surface area (Å²) in [6.45, 7) is 3.23. The van der Waals surface area contributed by atoms with Gasteiger partial charge < -0.3 is 15.3 Å². The molecule has 3 nitrogen and oxygen atoms in total. The molecule has 0 radical (unpaired) electrons. The lowest BCUT2D eigenvalue weighted by molar-refractivity contribution is 0.329. The van der Waals surface area contributed by atoms with Gasteiger partial charge in [0.05, 0.1) is 0 Å². The van der Waals surface area contributed by atoms with Gasteiger partial charge in [-0.3, -0.25) is 0 Å². The van der Waals surface area contributed by atoms with Crippen LogP contribution in [-0.2, 0) is 5.41 Å². The lowest BCUT2D eigenvalue weighted by Crippen LogP contribution is -2.42. The lowest BCUT2D eigenvalue weighted by atomic mass is 9.75. The quantitative estimate of drug-likeness (QED) is 0.842. The van der Waals surface area contributed by atoms with Gasteiger partial charge in [-0.2, -0.15) is 0 Å². The topological polar surface area (TPSA) is 35.5 Å². The zero-order valence-electron chi connectivity index (χ0n) is 12.0. The van der Waals surface area contributed by atoms with Crippen LogP contribution in [0.4, 0.5) is 11.4 Å². The first kappa shape index (κ1) is 12.7. The second-order valence-electron chi connectivity index (χ2n) is 6.15. The van der Waals surface area contributed by atoms with Crippen LogP contribution in [0.2, 0.25) is 0 Å². The summed E-state index contributed by atoms with van der Waals surface area (Å²) < 4.78 is 0. The van der Waals surface area contributed by atoms with Gasteiger partial charge in [-0.1, -0.05) is 18.2 Å². The molecule has 0 saturated carbocycles. The van der Waals surface area contributed by atoms with Gasteiger partial charge >= 0.3 is 0 Å². The van der Waals surface area contributed by atoms with Crippen molar-refractivity contribution in [2.45, 2.75) is 18.3 Å². The molecule has 0 aliphatic carbocycles. The van der Waals surface area contributed by atoms with Crippen molar-refractivity contribution >= 4 is 11.4 Å². The van der Waals surface area contributed by atoms with E-state index in [-0.39, 0.29) is 5.41 Å². The second-order valence-corrected chi connectivity index (χ2v) is 6.15. The molecule has 3 heteroatoms. The molecule has 2 aromatic rings. The molecule has 2 heterocycles. The number of nitrogens with zero attached hydrogens (tertiary/aromatic N) is 1. The van der Waals surface area contributed by atoms with Crippen LogP contribution in [0.1, 0.15) is 18.4 Å². The highest BCUT2D eigenvalue weighted by atomic mass is 16.3. The summed E-state index contributed by atoms with van der Waals surface area (Å²) in [7, 11) is 0. The Morgan fingerprint density at radius 3 is 2.43 bits per heavy atom. The van der Waals surface area contributed by atoms with E-state index in [0.29, 0.717) is 5.75 Å². The van der Waals surface area contributed by atoms with Crippen LogP contribution in [0.5, 0.6) is 5.75 Å². The summed E-state index contributed by atoms with van der Waals surface area (Å²) >= 11 is 0. The molecule has 21 heavy (non-hydrogen) atoms. The number of hydrogen-bond donors (Lipinski definition) is 2. The van der Waals surface area contributed by atoms with Gasteiger partial charge in [0.25, 0.3) is 0 Å². The van der Waals surface area contributed by atoms with Crippen LogP contribution in [0.25, 0.3) is 0 Å². The van der Waals surface area contributed by atoms with Gasteiger partial charge in [-0.15, -0.1) is 0 Å². The fourth-order valence-corrected chi connectivity index (χ4v) is 3.83. The molecule has 108 valence electrons. The number of benzene rings is 2. The number of fused-ring (bicyclic) bond motifs is 2. The van der Waals surface area contributed by atoms with Crippen LogP contribution < -0.4 is 10.2 Å².